The first-order valence-corrected chi connectivity index (χ1v) is 6.75. The molecule has 1 aromatic rings. The van der Waals surface area contributed by atoms with E-state index in [1.807, 2.05) is 4.72 Å². The molecule has 0 aliphatic heterocycles. The molecule has 0 atom stereocenters. The monoisotopic (exact) mass is 301 g/mol. The molecule has 106 valence electrons. The molecule has 9 heteroatoms. The molecule has 1 N–H and O–H groups in total. The summed E-state index contributed by atoms with van der Waals surface area (Å²) < 4.78 is 90.1. The van der Waals surface area contributed by atoms with Crippen molar-refractivity contribution in [1.29, 1.82) is 0 Å². The van der Waals surface area contributed by atoms with Crippen LogP contribution in [-0.2, 0) is 10.0 Å². The summed E-state index contributed by atoms with van der Waals surface area (Å²) in [4.78, 5) is -1.84. The first-order valence-electron chi connectivity index (χ1n) is 5.26. The summed E-state index contributed by atoms with van der Waals surface area (Å²) in [5.41, 5.74) is 0. The van der Waals surface area contributed by atoms with Crippen LogP contribution in [0.15, 0.2) is 4.90 Å². The van der Waals surface area contributed by atoms with E-state index in [2.05, 4.69) is 0 Å². The lowest BCUT2D eigenvalue weighted by molar-refractivity contribution is 0.357. The summed E-state index contributed by atoms with van der Waals surface area (Å²) >= 11 is 0. The lowest BCUT2D eigenvalue weighted by atomic mass is 10.3. The minimum absolute atomic E-state index is 0.0380. The fourth-order valence-corrected chi connectivity index (χ4v) is 2.69. The van der Waals surface area contributed by atoms with Gasteiger partial charge in [0.25, 0.3) is 0 Å². The Bertz CT molecular complexity index is 598. The van der Waals surface area contributed by atoms with Gasteiger partial charge < -0.3 is 0 Å². The second-order valence-corrected chi connectivity index (χ2v) is 5.90. The van der Waals surface area contributed by atoms with E-state index in [0.29, 0.717) is 0 Å². The molecule has 3 nitrogen and oxygen atoms in total. The maximum atomic E-state index is 13.3. The summed E-state index contributed by atoms with van der Waals surface area (Å²) in [7, 11) is -4.79. The second-order valence-electron chi connectivity index (χ2n) is 4.19. The van der Waals surface area contributed by atoms with Crippen LogP contribution >= 0.6 is 0 Å². The topological polar surface area (TPSA) is 46.2 Å². The molecule has 0 amide bonds. The highest BCUT2D eigenvalue weighted by Crippen LogP contribution is 2.30. The van der Waals surface area contributed by atoms with E-state index < -0.39 is 44.0 Å². The average molecular weight is 301 g/mol. The maximum absolute atomic E-state index is 13.3. The molecule has 0 saturated heterocycles. The van der Waals surface area contributed by atoms with Gasteiger partial charge in [-0.05, 0) is 18.8 Å². The molecule has 0 spiro atoms. The van der Waals surface area contributed by atoms with Gasteiger partial charge in [0.15, 0.2) is 28.2 Å². The van der Waals surface area contributed by atoms with Gasteiger partial charge in [-0.1, -0.05) is 0 Å². The molecule has 0 unspecified atom stereocenters. The van der Waals surface area contributed by atoms with E-state index in [-0.39, 0.29) is 12.5 Å². The van der Waals surface area contributed by atoms with Crippen LogP contribution in [0.1, 0.15) is 12.8 Å². The summed E-state index contributed by atoms with van der Waals surface area (Å²) in [6.07, 6.45) is 1.50. The van der Waals surface area contributed by atoms with E-state index in [0.717, 1.165) is 12.8 Å². The molecular weight excluding hydrogens is 293 g/mol. The van der Waals surface area contributed by atoms with Crippen LogP contribution < -0.4 is 4.72 Å². The highest BCUT2D eigenvalue weighted by Gasteiger charge is 2.34. The Hall–Kier alpha value is -1.22. The third kappa shape index (κ3) is 2.57. The minimum Gasteiger partial charge on any atom is -0.211 e. The van der Waals surface area contributed by atoms with E-state index in [1.54, 1.807) is 0 Å². The zero-order chi connectivity index (χ0) is 14.4. The Morgan fingerprint density at radius 3 is 1.74 bits per heavy atom. The lowest BCUT2D eigenvalue weighted by Gasteiger charge is -2.10. The fraction of sp³-hybridized carbons (Fsp3) is 0.400. The summed E-state index contributed by atoms with van der Waals surface area (Å²) in [6.45, 7) is -0.0954. The van der Waals surface area contributed by atoms with Crippen LogP contribution in [0, 0.1) is 35.0 Å². The van der Waals surface area contributed by atoms with Gasteiger partial charge >= 0.3 is 0 Å². The van der Waals surface area contributed by atoms with Gasteiger partial charge in [0, 0.05) is 6.54 Å². The molecular formula is C10H8F5NO2S. The highest BCUT2D eigenvalue weighted by molar-refractivity contribution is 7.89. The number of halogens is 5. The van der Waals surface area contributed by atoms with Crippen LogP contribution in [0.3, 0.4) is 0 Å². The predicted molar refractivity (Wildman–Crippen MR) is 54.1 cm³/mol. The SMILES string of the molecule is O=S(=O)(NCC1CC1)c1c(F)c(F)c(F)c(F)c1F. The van der Waals surface area contributed by atoms with Gasteiger partial charge in [-0.3, -0.25) is 0 Å². The number of rotatable bonds is 4. The van der Waals surface area contributed by atoms with Crippen molar-refractivity contribution in [2.75, 3.05) is 6.54 Å². The van der Waals surface area contributed by atoms with Crippen molar-refractivity contribution >= 4 is 10.0 Å². The Labute approximate surface area is 105 Å². The molecule has 2 rings (SSSR count). The van der Waals surface area contributed by atoms with Crippen LogP contribution in [0.2, 0.25) is 0 Å². The van der Waals surface area contributed by atoms with Crippen molar-refractivity contribution in [3.8, 4) is 0 Å². The van der Waals surface area contributed by atoms with E-state index in [1.165, 1.54) is 0 Å². The molecule has 1 aromatic carbocycles. The summed E-state index contributed by atoms with van der Waals surface area (Å²) in [5, 5.41) is 0. The molecule has 0 heterocycles. The minimum atomic E-state index is -4.79. The van der Waals surface area contributed by atoms with Gasteiger partial charge in [0.1, 0.15) is 0 Å². The first-order chi connectivity index (χ1) is 8.75. The number of hydrogen-bond donors (Lipinski definition) is 1. The average Bonchev–Trinajstić information content (AvgIpc) is 3.15. The van der Waals surface area contributed by atoms with Gasteiger partial charge in [0.05, 0.1) is 0 Å². The largest absolute Gasteiger partial charge is 0.246 e. The molecule has 0 radical (unpaired) electrons. The van der Waals surface area contributed by atoms with E-state index in [4.69, 9.17) is 0 Å². The summed E-state index contributed by atoms with van der Waals surface area (Å²) in [5.74, 6) is -11.7. The Balaban J connectivity index is 2.48. The third-order valence-corrected chi connectivity index (χ3v) is 4.14. The van der Waals surface area contributed by atoms with Crippen LogP contribution in [-0.4, -0.2) is 15.0 Å². The Kier molecular flexibility index (Phi) is 3.52. The Morgan fingerprint density at radius 2 is 1.32 bits per heavy atom. The molecule has 1 fully saturated rings. The predicted octanol–water partition coefficient (Wildman–Crippen LogP) is 2.07. The highest BCUT2D eigenvalue weighted by atomic mass is 32.2. The number of hydrogen-bond acceptors (Lipinski definition) is 2. The smallest absolute Gasteiger partial charge is 0.211 e. The summed E-state index contributed by atoms with van der Waals surface area (Å²) in [6, 6.07) is 0. The van der Waals surface area contributed by atoms with Crippen molar-refractivity contribution in [1.82, 2.24) is 4.72 Å². The van der Waals surface area contributed by atoms with Gasteiger partial charge in [-0.2, -0.15) is 0 Å². The zero-order valence-corrected chi connectivity index (χ0v) is 10.1. The van der Waals surface area contributed by atoms with Crippen molar-refractivity contribution < 1.29 is 30.4 Å². The van der Waals surface area contributed by atoms with E-state index in [9.17, 15) is 30.4 Å². The number of nitrogens with one attached hydrogen (secondary N) is 1. The maximum Gasteiger partial charge on any atom is 0.246 e. The lowest BCUT2D eigenvalue weighted by Crippen LogP contribution is -2.28. The third-order valence-electron chi connectivity index (χ3n) is 2.70. The molecule has 1 saturated carbocycles. The van der Waals surface area contributed by atoms with Crippen molar-refractivity contribution in [2.24, 2.45) is 5.92 Å². The Morgan fingerprint density at radius 1 is 0.895 bits per heavy atom. The van der Waals surface area contributed by atoms with Crippen molar-refractivity contribution in [3.05, 3.63) is 29.1 Å². The van der Waals surface area contributed by atoms with Crippen molar-refractivity contribution in [2.45, 2.75) is 17.7 Å². The molecule has 1 aliphatic carbocycles. The van der Waals surface area contributed by atoms with Crippen LogP contribution in [0.25, 0.3) is 0 Å². The van der Waals surface area contributed by atoms with Gasteiger partial charge in [-0.25, -0.2) is 35.1 Å². The second kappa shape index (κ2) is 4.71. The van der Waals surface area contributed by atoms with Crippen molar-refractivity contribution in [3.63, 3.8) is 0 Å². The fourth-order valence-electron chi connectivity index (χ4n) is 1.44. The number of benzene rings is 1. The standard InChI is InChI=1S/C10H8F5NO2S/c11-5-6(12)8(14)10(9(15)7(5)13)19(17,18)16-3-4-1-2-4/h4,16H,1-3H2. The van der Waals surface area contributed by atoms with Crippen LogP contribution in [0.4, 0.5) is 22.0 Å². The van der Waals surface area contributed by atoms with Crippen LogP contribution in [0.5, 0.6) is 0 Å². The first kappa shape index (κ1) is 14.2. The zero-order valence-electron chi connectivity index (χ0n) is 9.31. The molecule has 1 aliphatic rings. The molecule has 0 bridgehead atoms. The van der Waals surface area contributed by atoms with Gasteiger partial charge in [0.2, 0.25) is 15.8 Å². The normalized spacial score (nSPS) is 15.8. The molecule has 19 heavy (non-hydrogen) atoms. The molecule has 0 aromatic heterocycles. The van der Waals surface area contributed by atoms with Gasteiger partial charge in [-0.15, -0.1) is 0 Å². The quantitative estimate of drug-likeness (QED) is 0.526. The number of sulfonamides is 1. The van der Waals surface area contributed by atoms with E-state index >= 15 is 0 Å².